The highest BCUT2D eigenvalue weighted by atomic mass is 16.3. The normalized spacial score (nSPS) is 11.0. The van der Waals surface area contributed by atoms with Gasteiger partial charge in [0.15, 0.2) is 5.76 Å². The van der Waals surface area contributed by atoms with Gasteiger partial charge in [0.1, 0.15) is 11.3 Å². The number of hydrogen-bond acceptors (Lipinski definition) is 4. The van der Waals surface area contributed by atoms with Crippen molar-refractivity contribution in [1.82, 2.24) is 15.5 Å². The first kappa shape index (κ1) is 13.4. The molecule has 1 amide bonds. The van der Waals surface area contributed by atoms with Crippen LogP contribution >= 0.6 is 0 Å². The summed E-state index contributed by atoms with van der Waals surface area (Å²) in [5, 5.41) is 10.6. The first-order valence-corrected chi connectivity index (χ1v) is 7.13. The number of furan rings is 2. The second-order valence-corrected chi connectivity index (χ2v) is 5.11. The van der Waals surface area contributed by atoms with Crippen molar-refractivity contribution < 1.29 is 13.6 Å². The molecule has 0 bridgehead atoms. The van der Waals surface area contributed by atoms with Gasteiger partial charge in [-0.2, -0.15) is 5.10 Å². The van der Waals surface area contributed by atoms with Gasteiger partial charge < -0.3 is 14.2 Å². The van der Waals surface area contributed by atoms with Crippen LogP contribution < -0.4 is 5.32 Å². The molecule has 3 aromatic heterocycles. The number of H-pyrrole nitrogens is 1. The molecule has 0 atom stereocenters. The molecule has 0 aliphatic rings. The molecular formula is C17H13N3O3. The number of benzene rings is 1. The Morgan fingerprint density at radius 1 is 1.17 bits per heavy atom. The van der Waals surface area contributed by atoms with Crippen LogP contribution in [-0.2, 0) is 6.54 Å². The molecule has 4 aromatic rings. The van der Waals surface area contributed by atoms with E-state index in [1.165, 1.54) is 6.20 Å². The van der Waals surface area contributed by atoms with Gasteiger partial charge in [0, 0.05) is 11.9 Å². The highest BCUT2D eigenvalue weighted by Gasteiger charge is 2.16. The first-order valence-electron chi connectivity index (χ1n) is 7.13. The van der Waals surface area contributed by atoms with Gasteiger partial charge in [-0.05, 0) is 35.9 Å². The number of rotatable bonds is 4. The van der Waals surface area contributed by atoms with Crippen molar-refractivity contribution in [2.24, 2.45) is 0 Å². The fourth-order valence-electron chi connectivity index (χ4n) is 2.47. The van der Waals surface area contributed by atoms with Gasteiger partial charge in [-0.1, -0.05) is 6.07 Å². The summed E-state index contributed by atoms with van der Waals surface area (Å²) in [6.07, 6.45) is 4.69. The summed E-state index contributed by atoms with van der Waals surface area (Å²) in [4.78, 5) is 12.4. The summed E-state index contributed by atoms with van der Waals surface area (Å²) in [5.74, 6) is 0.366. The molecular weight excluding hydrogens is 294 g/mol. The second kappa shape index (κ2) is 5.49. The van der Waals surface area contributed by atoms with Crippen LogP contribution in [0.5, 0.6) is 0 Å². The molecule has 2 N–H and O–H groups in total. The fraction of sp³-hybridized carbons (Fsp3) is 0.0588. The third-order valence-corrected chi connectivity index (χ3v) is 3.62. The lowest BCUT2D eigenvalue weighted by Gasteiger charge is -2.05. The second-order valence-electron chi connectivity index (χ2n) is 5.11. The lowest BCUT2D eigenvalue weighted by molar-refractivity contribution is 0.0951. The van der Waals surface area contributed by atoms with Crippen LogP contribution in [0.4, 0.5) is 0 Å². The monoisotopic (exact) mass is 307 g/mol. The Labute approximate surface area is 131 Å². The standard InChI is InChI=1S/C17H13N3O3/c21-17(13-10-19-20-16(13)15-2-1-6-22-15)18-9-11-3-4-14-12(8-11)5-7-23-14/h1-8,10H,9H2,(H,18,21)(H,19,20). The van der Waals surface area contributed by atoms with Crippen LogP contribution in [0.1, 0.15) is 15.9 Å². The molecule has 0 unspecified atom stereocenters. The van der Waals surface area contributed by atoms with Crippen LogP contribution in [0.3, 0.4) is 0 Å². The van der Waals surface area contributed by atoms with Crippen LogP contribution in [0.15, 0.2) is 64.0 Å². The van der Waals surface area contributed by atoms with E-state index in [1.54, 1.807) is 24.7 Å². The molecule has 6 nitrogen and oxygen atoms in total. The zero-order chi connectivity index (χ0) is 15.6. The predicted molar refractivity (Wildman–Crippen MR) is 83.7 cm³/mol. The van der Waals surface area contributed by atoms with Gasteiger partial charge in [0.2, 0.25) is 0 Å². The number of nitrogens with one attached hydrogen (secondary N) is 2. The van der Waals surface area contributed by atoms with Gasteiger partial charge in [0.25, 0.3) is 5.91 Å². The molecule has 0 aliphatic heterocycles. The van der Waals surface area contributed by atoms with Crippen LogP contribution in [0.25, 0.3) is 22.4 Å². The lowest BCUT2D eigenvalue weighted by Crippen LogP contribution is -2.22. The Hall–Kier alpha value is -3.28. The Kier molecular flexibility index (Phi) is 3.20. The van der Waals surface area contributed by atoms with Crippen molar-refractivity contribution in [2.75, 3.05) is 0 Å². The maximum absolute atomic E-state index is 12.4. The summed E-state index contributed by atoms with van der Waals surface area (Å²) in [5.41, 5.74) is 2.84. The average molecular weight is 307 g/mol. The maximum atomic E-state index is 12.4. The molecule has 6 heteroatoms. The van der Waals surface area contributed by atoms with E-state index in [0.29, 0.717) is 23.6 Å². The first-order chi connectivity index (χ1) is 11.3. The Bertz CT molecular complexity index is 950. The van der Waals surface area contributed by atoms with Gasteiger partial charge in [-0.15, -0.1) is 0 Å². The van der Waals surface area contributed by atoms with Crippen molar-refractivity contribution in [3.05, 3.63) is 66.2 Å². The lowest BCUT2D eigenvalue weighted by atomic mass is 10.1. The number of fused-ring (bicyclic) bond motifs is 1. The number of hydrogen-bond donors (Lipinski definition) is 2. The summed E-state index contributed by atoms with van der Waals surface area (Å²) in [6, 6.07) is 11.2. The van der Waals surface area contributed by atoms with Gasteiger partial charge in [-0.25, -0.2) is 0 Å². The quantitative estimate of drug-likeness (QED) is 0.605. The summed E-state index contributed by atoms with van der Waals surface area (Å²) in [7, 11) is 0. The number of carbonyl (C=O) groups is 1. The van der Waals surface area contributed by atoms with E-state index in [1.807, 2.05) is 24.3 Å². The minimum atomic E-state index is -0.211. The zero-order valence-electron chi connectivity index (χ0n) is 12.1. The van der Waals surface area contributed by atoms with Crippen molar-refractivity contribution in [1.29, 1.82) is 0 Å². The van der Waals surface area contributed by atoms with Crippen molar-refractivity contribution in [2.45, 2.75) is 6.54 Å². The third-order valence-electron chi connectivity index (χ3n) is 3.62. The molecule has 1 aromatic carbocycles. The molecule has 0 saturated heterocycles. The van der Waals surface area contributed by atoms with Gasteiger partial charge in [-0.3, -0.25) is 9.89 Å². The molecule has 0 aliphatic carbocycles. The van der Waals surface area contributed by atoms with Crippen LogP contribution in [-0.4, -0.2) is 16.1 Å². The Morgan fingerprint density at radius 3 is 3.00 bits per heavy atom. The molecule has 0 saturated carbocycles. The smallest absolute Gasteiger partial charge is 0.255 e. The topological polar surface area (TPSA) is 84.1 Å². The van der Waals surface area contributed by atoms with Crippen LogP contribution in [0.2, 0.25) is 0 Å². The molecule has 4 rings (SSSR count). The number of carbonyl (C=O) groups excluding carboxylic acids is 1. The highest BCUT2D eigenvalue weighted by molar-refractivity contribution is 5.99. The highest BCUT2D eigenvalue weighted by Crippen LogP contribution is 2.21. The summed E-state index contributed by atoms with van der Waals surface area (Å²) in [6.45, 7) is 0.419. The molecule has 0 radical (unpaired) electrons. The number of nitrogens with zero attached hydrogens (tertiary/aromatic N) is 1. The molecule has 0 spiro atoms. The molecule has 23 heavy (non-hydrogen) atoms. The summed E-state index contributed by atoms with van der Waals surface area (Å²) >= 11 is 0. The SMILES string of the molecule is O=C(NCc1ccc2occc2c1)c1cn[nH]c1-c1ccco1. The van der Waals surface area contributed by atoms with E-state index < -0.39 is 0 Å². The summed E-state index contributed by atoms with van der Waals surface area (Å²) < 4.78 is 10.6. The number of amides is 1. The van der Waals surface area contributed by atoms with Gasteiger partial charge >= 0.3 is 0 Å². The minimum Gasteiger partial charge on any atom is -0.464 e. The van der Waals surface area contributed by atoms with Crippen molar-refractivity contribution in [3.8, 4) is 11.5 Å². The fourth-order valence-corrected chi connectivity index (χ4v) is 2.47. The molecule has 0 fully saturated rings. The largest absolute Gasteiger partial charge is 0.464 e. The number of aromatic amines is 1. The van der Waals surface area contributed by atoms with E-state index >= 15 is 0 Å². The van der Waals surface area contributed by atoms with Crippen molar-refractivity contribution in [3.63, 3.8) is 0 Å². The third kappa shape index (κ3) is 2.50. The van der Waals surface area contributed by atoms with E-state index in [0.717, 1.165) is 16.5 Å². The van der Waals surface area contributed by atoms with E-state index in [9.17, 15) is 4.79 Å². The maximum Gasteiger partial charge on any atom is 0.255 e. The predicted octanol–water partition coefficient (Wildman–Crippen LogP) is 3.35. The molecule has 114 valence electrons. The molecule has 3 heterocycles. The average Bonchev–Trinajstić information content (AvgIpc) is 3.32. The number of aromatic nitrogens is 2. The zero-order valence-corrected chi connectivity index (χ0v) is 12.1. The van der Waals surface area contributed by atoms with E-state index in [2.05, 4.69) is 15.5 Å². The van der Waals surface area contributed by atoms with Crippen LogP contribution in [0, 0.1) is 0 Å². The Morgan fingerprint density at radius 2 is 2.13 bits per heavy atom. The van der Waals surface area contributed by atoms with Gasteiger partial charge in [0.05, 0.1) is 24.3 Å². The van der Waals surface area contributed by atoms with E-state index in [-0.39, 0.29) is 5.91 Å². The Balaban J connectivity index is 1.51. The van der Waals surface area contributed by atoms with E-state index in [4.69, 9.17) is 8.83 Å². The minimum absolute atomic E-state index is 0.211. The van der Waals surface area contributed by atoms with Crippen molar-refractivity contribution >= 4 is 16.9 Å².